The van der Waals surface area contributed by atoms with Gasteiger partial charge in [-0.15, -0.1) is 0 Å². The molecule has 3 N–H and O–H groups in total. The molecule has 3 saturated carbocycles. The van der Waals surface area contributed by atoms with Gasteiger partial charge in [0.2, 0.25) is 5.91 Å². The molecule has 0 saturated heterocycles. The molecule has 1 amide bonds. The highest BCUT2D eigenvalue weighted by molar-refractivity contribution is 5.81. The summed E-state index contributed by atoms with van der Waals surface area (Å²) in [6.07, 6.45) is 2.69. The van der Waals surface area contributed by atoms with E-state index >= 15 is 0 Å². The van der Waals surface area contributed by atoms with Crippen molar-refractivity contribution >= 4 is 5.91 Å². The number of carbonyl (C=O) groups excluding carboxylic acids is 1. The van der Waals surface area contributed by atoms with E-state index in [4.69, 9.17) is 0 Å². The maximum Gasteiger partial charge on any atom is 0.223 e. The molecule has 0 aliphatic heterocycles. The third-order valence-corrected chi connectivity index (χ3v) is 6.11. The Labute approximate surface area is 130 Å². The molecule has 3 aliphatic carbocycles. The van der Waals surface area contributed by atoms with E-state index in [9.17, 15) is 15.0 Å². The van der Waals surface area contributed by atoms with Gasteiger partial charge in [-0.3, -0.25) is 4.79 Å². The highest BCUT2D eigenvalue weighted by atomic mass is 16.3. The molecule has 4 heteroatoms. The summed E-state index contributed by atoms with van der Waals surface area (Å²) in [5.74, 6) is 0.725. The second-order valence-electron chi connectivity index (χ2n) is 7.36. The third kappa shape index (κ3) is 2.09. The number of hydrogen-bond acceptors (Lipinski definition) is 3. The highest BCUT2D eigenvalue weighted by Gasteiger charge is 2.58. The monoisotopic (exact) mass is 301 g/mol. The predicted molar refractivity (Wildman–Crippen MR) is 82.1 cm³/mol. The fourth-order valence-corrected chi connectivity index (χ4v) is 4.62. The molecule has 2 unspecified atom stereocenters. The molecule has 4 nitrogen and oxygen atoms in total. The first-order valence-corrected chi connectivity index (χ1v) is 8.32. The van der Waals surface area contributed by atoms with Crippen LogP contribution in [0.1, 0.15) is 43.6 Å². The predicted octanol–water partition coefficient (Wildman–Crippen LogP) is 1.57. The lowest BCUT2D eigenvalue weighted by atomic mass is 9.70. The van der Waals surface area contributed by atoms with Crippen LogP contribution in [0.15, 0.2) is 30.3 Å². The molecule has 1 aromatic rings. The van der Waals surface area contributed by atoms with Crippen molar-refractivity contribution in [2.24, 2.45) is 11.8 Å². The van der Waals surface area contributed by atoms with Gasteiger partial charge in [0.15, 0.2) is 0 Å². The highest BCUT2D eigenvalue weighted by Crippen LogP contribution is 2.49. The number of rotatable bonds is 3. The van der Waals surface area contributed by atoms with E-state index in [0.717, 1.165) is 32.1 Å². The van der Waals surface area contributed by atoms with Crippen LogP contribution < -0.4 is 5.32 Å². The van der Waals surface area contributed by atoms with Crippen molar-refractivity contribution in [2.75, 3.05) is 0 Å². The Bertz CT molecular complexity index is 569. The number of aliphatic hydroxyl groups excluding tert-OH is 2. The first kappa shape index (κ1) is 14.2. The second kappa shape index (κ2) is 5.07. The van der Waals surface area contributed by atoms with Crippen LogP contribution in [-0.4, -0.2) is 33.9 Å². The van der Waals surface area contributed by atoms with Crippen molar-refractivity contribution < 1.29 is 15.0 Å². The summed E-state index contributed by atoms with van der Waals surface area (Å²) in [5, 5.41) is 23.3. The average Bonchev–Trinajstić information content (AvgIpc) is 2.98. The number of nitrogens with one attached hydrogen (secondary N) is 1. The summed E-state index contributed by atoms with van der Waals surface area (Å²) in [6.45, 7) is 0. The van der Waals surface area contributed by atoms with Gasteiger partial charge >= 0.3 is 0 Å². The summed E-state index contributed by atoms with van der Waals surface area (Å²) in [4.78, 5) is 12.5. The third-order valence-electron chi connectivity index (χ3n) is 6.11. The second-order valence-corrected chi connectivity index (χ2v) is 7.36. The SMILES string of the molecule is O=C(NC12CCC(C1)[C@H](O)[C@@H]2O)C1CC(c2ccccc2)C1. The van der Waals surface area contributed by atoms with Crippen molar-refractivity contribution in [3.8, 4) is 0 Å². The number of carbonyl (C=O) groups is 1. The molecule has 4 atom stereocenters. The van der Waals surface area contributed by atoms with E-state index in [1.807, 2.05) is 18.2 Å². The molecule has 2 bridgehead atoms. The number of fused-ring (bicyclic) bond motifs is 2. The average molecular weight is 301 g/mol. The summed E-state index contributed by atoms with van der Waals surface area (Å²) in [7, 11) is 0. The number of aliphatic hydroxyl groups is 2. The lowest BCUT2D eigenvalue weighted by Gasteiger charge is -2.39. The molecule has 118 valence electrons. The molecule has 22 heavy (non-hydrogen) atoms. The van der Waals surface area contributed by atoms with Gasteiger partial charge in [-0.25, -0.2) is 0 Å². The molecule has 3 aliphatic rings. The first-order valence-electron chi connectivity index (χ1n) is 8.32. The van der Waals surface area contributed by atoms with Gasteiger partial charge in [-0.2, -0.15) is 0 Å². The van der Waals surface area contributed by atoms with E-state index in [1.54, 1.807) is 0 Å². The minimum atomic E-state index is -0.805. The van der Waals surface area contributed by atoms with Crippen molar-refractivity contribution in [3.05, 3.63) is 35.9 Å². The first-order chi connectivity index (χ1) is 10.6. The fraction of sp³-hybridized carbons (Fsp3) is 0.611. The molecule has 3 fully saturated rings. The Morgan fingerprint density at radius 1 is 1.18 bits per heavy atom. The molecule has 1 aromatic carbocycles. The number of benzene rings is 1. The lowest BCUT2D eigenvalue weighted by Crippen LogP contribution is -2.58. The van der Waals surface area contributed by atoms with Crippen LogP contribution in [0.5, 0.6) is 0 Å². The molecule has 4 rings (SSSR count). The molecular formula is C18H23NO3. The zero-order valence-corrected chi connectivity index (χ0v) is 12.6. The Morgan fingerprint density at radius 2 is 1.91 bits per heavy atom. The van der Waals surface area contributed by atoms with Crippen molar-refractivity contribution in [1.82, 2.24) is 5.32 Å². The van der Waals surface area contributed by atoms with Gasteiger partial charge in [0.1, 0.15) is 6.10 Å². The standard InChI is InChI=1S/C18H23NO3/c20-15-12-6-7-18(10-12,16(15)21)19-17(22)14-8-13(9-14)11-4-2-1-3-5-11/h1-5,12-16,20-21H,6-10H2,(H,19,22)/t12?,13?,14?,15-,16-,18?/m0/s1. The van der Waals surface area contributed by atoms with Crippen LogP contribution >= 0.6 is 0 Å². The normalized spacial score (nSPS) is 42.9. The van der Waals surface area contributed by atoms with Crippen molar-refractivity contribution in [1.29, 1.82) is 0 Å². The van der Waals surface area contributed by atoms with Crippen molar-refractivity contribution in [3.63, 3.8) is 0 Å². The number of amides is 1. The van der Waals surface area contributed by atoms with E-state index in [-0.39, 0.29) is 17.7 Å². The quantitative estimate of drug-likeness (QED) is 0.794. The summed E-state index contributed by atoms with van der Waals surface area (Å²) < 4.78 is 0. The molecule has 0 heterocycles. The Balaban J connectivity index is 1.37. The molecule has 0 spiro atoms. The van der Waals surface area contributed by atoms with E-state index < -0.39 is 17.7 Å². The van der Waals surface area contributed by atoms with Gasteiger partial charge < -0.3 is 15.5 Å². The van der Waals surface area contributed by atoms with Crippen LogP contribution in [0.3, 0.4) is 0 Å². The minimum Gasteiger partial charge on any atom is -0.390 e. The van der Waals surface area contributed by atoms with Crippen molar-refractivity contribution in [2.45, 2.75) is 55.8 Å². The van der Waals surface area contributed by atoms with Gasteiger partial charge in [0, 0.05) is 5.92 Å². The largest absolute Gasteiger partial charge is 0.390 e. The van der Waals surface area contributed by atoms with Crippen LogP contribution in [0, 0.1) is 11.8 Å². The maximum atomic E-state index is 12.5. The fourth-order valence-electron chi connectivity index (χ4n) is 4.62. The van der Waals surface area contributed by atoms with Crippen LogP contribution in [0.4, 0.5) is 0 Å². The minimum absolute atomic E-state index is 0.0450. The van der Waals surface area contributed by atoms with Crippen LogP contribution in [-0.2, 0) is 4.79 Å². The smallest absolute Gasteiger partial charge is 0.223 e. The zero-order chi connectivity index (χ0) is 15.3. The Hall–Kier alpha value is -1.39. The topological polar surface area (TPSA) is 69.6 Å². The van der Waals surface area contributed by atoms with Gasteiger partial charge in [-0.05, 0) is 49.5 Å². The lowest BCUT2D eigenvalue weighted by molar-refractivity contribution is -0.132. The van der Waals surface area contributed by atoms with E-state index in [1.165, 1.54) is 5.56 Å². The maximum absolute atomic E-state index is 12.5. The van der Waals surface area contributed by atoms with Gasteiger partial charge in [0.25, 0.3) is 0 Å². The summed E-state index contributed by atoms with van der Waals surface area (Å²) in [6, 6.07) is 10.3. The van der Waals surface area contributed by atoms with Gasteiger partial charge in [0.05, 0.1) is 11.6 Å². The summed E-state index contributed by atoms with van der Waals surface area (Å²) in [5.41, 5.74) is 0.737. The summed E-state index contributed by atoms with van der Waals surface area (Å²) >= 11 is 0. The van der Waals surface area contributed by atoms with Crippen LogP contribution in [0.25, 0.3) is 0 Å². The Morgan fingerprint density at radius 3 is 2.55 bits per heavy atom. The zero-order valence-electron chi connectivity index (χ0n) is 12.6. The van der Waals surface area contributed by atoms with E-state index in [2.05, 4.69) is 17.4 Å². The number of hydrogen-bond donors (Lipinski definition) is 3. The molecular weight excluding hydrogens is 278 g/mol. The molecule has 0 aromatic heterocycles. The van der Waals surface area contributed by atoms with Gasteiger partial charge in [-0.1, -0.05) is 30.3 Å². The Kier molecular flexibility index (Phi) is 3.27. The van der Waals surface area contributed by atoms with Crippen LogP contribution in [0.2, 0.25) is 0 Å². The molecule has 0 radical (unpaired) electrons. The van der Waals surface area contributed by atoms with E-state index in [0.29, 0.717) is 5.92 Å².